The Hall–Kier alpha value is -2.21. The number of pyridine rings is 1. The Bertz CT molecular complexity index is 734. The molecule has 3 rings (SSSR count). The summed E-state index contributed by atoms with van der Waals surface area (Å²) in [5, 5.41) is 12.2. The molecule has 0 N–H and O–H groups in total. The SMILES string of the molecule is Cc1cccc(C)c1-n1nnnc1CSCc1ccncc1. The standard InChI is InChI=1S/C16H17N5S/c1-12-4-3-5-13(2)16(12)21-15(18-19-20-21)11-22-10-14-6-8-17-9-7-14/h3-9H,10-11H2,1-2H3. The topological polar surface area (TPSA) is 56.5 Å². The van der Waals surface area contributed by atoms with E-state index in [0.717, 1.165) is 23.0 Å². The molecule has 0 unspecified atom stereocenters. The highest BCUT2D eigenvalue weighted by atomic mass is 32.2. The zero-order valence-electron chi connectivity index (χ0n) is 12.6. The predicted molar refractivity (Wildman–Crippen MR) is 87.9 cm³/mol. The van der Waals surface area contributed by atoms with E-state index in [1.165, 1.54) is 16.7 Å². The van der Waals surface area contributed by atoms with Crippen LogP contribution in [0.4, 0.5) is 0 Å². The monoisotopic (exact) mass is 311 g/mol. The smallest absolute Gasteiger partial charge is 0.166 e. The number of hydrogen-bond donors (Lipinski definition) is 0. The highest BCUT2D eigenvalue weighted by Gasteiger charge is 2.12. The Labute approximate surface area is 133 Å². The van der Waals surface area contributed by atoms with Gasteiger partial charge >= 0.3 is 0 Å². The molecule has 0 saturated carbocycles. The fourth-order valence-electron chi connectivity index (χ4n) is 2.35. The largest absolute Gasteiger partial charge is 0.265 e. The fourth-order valence-corrected chi connectivity index (χ4v) is 3.24. The quantitative estimate of drug-likeness (QED) is 0.724. The molecule has 0 bridgehead atoms. The summed E-state index contributed by atoms with van der Waals surface area (Å²) in [6.07, 6.45) is 3.63. The average Bonchev–Trinajstić information content (AvgIpc) is 2.96. The second-order valence-electron chi connectivity index (χ2n) is 5.10. The summed E-state index contributed by atoms with van der Waals surface area (Å²) in [7, 11) is 0. The Balaban J connectivity index is 1.75. The summed E-state index contributed by atoms with van der Waals surface area (Å²) in [5.74, 6) is 2.56. The third kappa shape index (κ3) is 3.17. The Morgan fingerprint density at radius 1 is 1.00 bits per heavy atom. The molecule has 0 fully saturated rings. The number of hydrogen-bond acceptors (Lipinski definition) is 5. The Morgan fingerprint density at radius 2 is 1.73 bits per heavy atom. The zero-order valence-corrected chi connectivity index (χ0v) is 13.4. The Morgan fingerprint density at radius 3 is 2.45 bits per heavy atom. The van der Waals surface area contributed by atoms with Crippen LogP contribution < -0.4 is 0 Å². The van der Waals surface area contributed by atoms with E-state index in [9.17, 15) is 0 Å². The van der Waals surface area contributed by atoms with Crippen molar-refractivity contribution in [1.82, 2.24) is 25.2 Å². The van der Waals surface area contributed by atoms with Crippen molar-refractivity contribution in [2.24, 2.45) is 0 Å². The number of benzene rings is 1. The van der Waals surface area contributed by atoms with Crippen LogP contribution in [-0.2, 0) is 11.5 Å². The van der Waals surface area contributed by atoms with Gasteiger partial charge in [-0.15, -0.1) is 16.9 Å². The maximum absolute atomic E-state index is 4.17. The maximum atomic E-state index is 4.17. The molecule has 2 heterocycles. The highest BCUT2D eigenvalue weighted by Crippen LogP contribution is 2.21. The number of rotatable bonds is 5. The lowest BCUT2D eigenvalue weighted by molar-refractivity contribution is 0.769. The average molecular weight is 311 g/mol. The third-order valence-corrected chi connectivity index (χ3v) is 4.43. The molecule has 3 aromatic rings. The van der Waals surface area contributed by atoms with E-state index >= 15 is 0 Å². The van der Waals surface area contributed by atoms with Crippen molar-refractivity contribution in [3.8, 4) is 5.69 Å². The number of thioether (sulfide) groups is 1. The first-order chi connectivity index (χ1) is 10.8. The molecule has 112 valence electrons. The van der Waals surface area contributed by atoms with Crippen LogP contribution in [-0.4, -0.2) is 25.2 Å². The van der Waals surface area contributed by atoms with Gasteiger partial charge in [0.1, 0.15) is 0 Å². The lowest BCUT2D eigenvalue weighted by atomic mass is 10.1. The summed E-state index contributed by atoms with van der Waals surface area (Å²) in [6, 6.07) is 10.3. The van der Waals surface area contributed by atoms with Crippen LogP contribution >= 0.6 is 11.8 Å². The van der Waals surface area contributed by atoms with E-state index < -0.39 is 0 Å². The van der Waals surface area contributed by atoms with Gasteiger partial charge in [0.2, 0.25) is 0 Å². The minimum atomic E-state index is 0.767. The molecule has 1 aromatic carbocycles. The van der Waals surface area contributed by atoms with Gasteiger partial charge in [0.25, 0.3) is 0 Å². The number of aryl methyl sites for hydroxylation is 2. The van der Waals surface area contributed by atoms with Crippen molar-refractivity contribution in [3.63, 3.8) is 0 Å². The fraction of sp³-hybridized carbons (Fsp3) is 0.250. The molecule has 0 aliphatic carbocycles. The lowest BCUT2D eigenvalue weighted by Gasteiger charge is -2.10. The molecule has 0 aliphatic heterocycles. The van der Waals surface area contributed by atoms with Gasteiger partial charge in [-0.25, -0.2) is 0 Å². The van der Waals surface area contributed by atoms with Crippen LogP contribution in [0.2, 0.25) is 0 Å². The first-order valence-corrected chi connectivity index (χ1v) is 8.21. The van der Waals surface area contributed by atoms with Gasteiger partial charge in [0.15, 0.2) is 5.82 Å². The molecule has 5 nitrogen and oxygen atoms in total. The molecule has 0 atom stereocenters. The van der Waals surface area contributed by atoms with E-state index in [1.54, 1.807) is 11.8 Å². The Kier molecular flexibility index (Phi) is 4.48. The molecule has 6 heteroatoms. The first kappa shape index (κ1) is 14.7. The summed E-state index contributed by atoms with van der Waals surface area (Å²) in [6.45, 7) is 4.16. The lowest BCUT2D eigenvalue weighted by Crippen LogP contribution is -2.06. The second kappa shape index (κ2) is 6.70. The van der Waals surface area contributed by atoms with Crippen molar-refractivity contribution in [2.75, 3.05) is 0 Å². The first-order valence-electron chi connectivity index (χ1n) is 7.06. The van der Waals surface area contributed by atoms with Crippen LogP contribution in [0.1, 0.15) is 22.5 Å². The van der Waals surface area contributed by atoms with E-state index in [-0.39, 0.29) is 0 Å². The zero-order chi connectivity index (χ0) is 15.4. The van der Waals surface area contributed by atoms with E-state index in [2.05, 4.69) is 52.6 Å². The summed E-state index contributed by atoms with van der Waals surface area (Å²) in [5.41, 5.74) is 4.68. The molecular weight excluding hydrogens is 294 g/mol. The molecule has 0 amide bonds. The van der Waals surface area contributed by atoms with Crippen molar-refractivity contribution in [2.45, 2.75) is 25.4 Å². The van der Waals surface area contributed by atoms with Gasteiger partial charge in [0.05, 0.1) is 11.4 Å². The van der Waals surface area contributed by atoms with Crippen molar-refractivity contribution in [3.05, 3.63) is 65.2 Å². The van der Waals surface area contributed by atoms with Gasteiger partial charge < -0.3 is 0 Å². The molecule has 0 saturated heterocycles. The van der Waals surface area contributed by atoms with Crippen LogP contribution in [0.3, 0.4) is 0 Å². The van der Waals surface area contributed by atoms with Crippen molar-refractivity contribution in [1.29, 1.82) is 0 Å². The highest BCUT2D eigenvalue weighted by molar-refractivity contribution is 7.97. The predicted octanol–water partition coefficient (Wildman–Crippen LogP) is 3.11. The molecule has 0 aliphatic rings. The van der Waals surface area contributed by atoms with E-state index in [4.69, 9.17) is 0 Å². The summed E-state index contributed by atoms with van der Waals surface area (Å²) in [4.78, 5) is 4.03. The van der Waals surface area contributed by atoms with Gasteiger partial charge in [-0.05, 0) is 53.1 Å². The molecule has 2 aromatic heterocycles. The minimum absolute atomic E-state index is 0.767. The normalized spacial score (nSPS) is 10.8. The number of para-hydroxylation sites is 1. The molecular formula is C16H17N5S. The van der Waals surface area contributed by atoms with Gasteiger partial charge in [-0.2, -0.15) is 4.68 Å². The van der Waals surface area contributed by atoms with Gasteiger partial charge in [-0.3, -0.25) is 4.98 Å². The number of tetrazole rings is 1. The molecule has 22 heavy (non-hydrogen) atoms. The van der Waals surface area contributed by atoms with Crippen LogP contribution in [0.25, 0.3) is 5.69 Å². The second-order valence-corrected chi connectivity index (χ2v) is 6.08. The van der Waals surface area contributed by atoms with Crippen LogP contribution in [0.15, 0.2) is 42.7 Å². The van der Waals surface area contributed by atoms with Crippen molar-refractivity contribution < 1.29 is 0 Å². The van der Waals surface area contributed by atoms with Gasteiger partial charge in [0, 0.05) is 18.1 Å². The number of nitrogens with zero attached hydrogens (tertiary/aromatic N) is 5. The molecule has 0 radical (unpaired) electrons. The summed E-state index contributed by atoms with van der Waals surface area (Å²) < 4.78 is 1.85. The minimum Gasteiger partial charge on any atom is -0.265 e. The van der Waals surface area contributed by atoms with Crippen LogP contribution in [0, 0.1) is 13.8 Å². The van der Waals surface area contributed by atoms with Gasteiger partial charge in [-0.1, -0.05) is 18.2 Å². The van der Waals surface area contributed by atoms with E-state index in [1.807, 2.05) is 29.2 Å². The van der Waals surface area contributed by atoms with E-state index in [0.29, 0.717) is 0 Å². The number of aromatic nitrogens is 5. The van der Waals surface area contributed by atoms with Crippen LogP contribution in [0.5, 0.6) is 0 Å². The van der Waals surface area contributed by atoms with Crippen molar-refractivity contribution >= 4 is 11.8 Å². The molecule has 0 spiro atoms. The third-order valence-electron chi connectivity index (χ3n) is 3.43. The summed E-state index contributed by atoms with van der Waals surface area (Å²) >= 11 is 1.79. The maximum Gasteiger partial charge on any atom is 0.166 e.